The van der Waals surface area contributed by atoms with Gasteiger partial charge in [0.25, 0.3) is 0 Å². The summed E-state index contributed by atoms with van der Waals surface area (Å²) in [7, 11) is 0. The van der Waals surface area contributed by atoms with Gasteiger partial charge in [0, 0.05) is 28.9 Å². The smallest absolute Gasteiger partial charge is 0.191 e. The van der Waals surface area contributed by atoms with Crippen molar-refractivity contribution in [3.8, 4) is 5.75 Å². The molecule has 0 fully saturated rings. The summed E-state index contributed by atoms with van der Waals surface area (Å²) in [5.41, 5.74) is 4.27. The number of aliphatic imine (C=N–C) groups is 1. The molecule has 0 amide bonds. The molecule has 0 saturated heterocycles. The van der Waals surface area contributed by atoms with Crippen molar-refractivity contribution in [1.82, 2.24) is 4.98 Å². The van der Waals surface area contributed by atoms with Crippen LogP contribution in [0.25, 0.3) is 10.9 Å². The van der Waals surface area contributed by atoms with Crippen LogP contribution in [0.1, 0.15) is 16.7 Å². The van der Waals surface area contributed by atoms with E-state index in [0.717, 1.165) is 33.3 Å². The van der Waals surface area contributed by atoms with E-state index in [9.17, 15) is 4.79 Å². The molecule has 0 saturated carbocycles. The highest BCUT2D eigenvalue weighted by Gasteiger charge is 2.06. The summed E-state index contributed by atoms with van der Waals surface area (Å²) < 4.78 is 5.61. The monoisotopic (exact) mass is 320 g/mol. The van der Waals surface area contributed by atoms with E-state index in [4.69, 9.17) is 4.74 Å². The number of aryl methyl sites for hydroxylation is 1. The molecule has 3 rings (SSSR count). The third-order valence-corrected chi connectivity index (χ3v) is 4.07. The topological polar surface area (TPSA) is 54.4 Å². The quantitative estimate of drug-likeness (QED) is 0.701. The van der Waals surface area contributed by atoms with Crippen molar-refractivity contribution in [3.05, 3.63) is 65.4 Å². The normalized spacial score (nSPS) is 11.2. The zero-order valence-electron chi connectivity index (χ0n) is 13.9. The number of rotatable bonds is 6. The van der Waals surface area contributed by atoms with E-state index in [1.54, 1.807) is 6.21 Å². The van der Waals surface area contributed by atoms with Crippen LogP contribution in [-0.2, 0) is 4.79 Å². The number of nitrogens with one attached hydrogen (secondary N) is 1. The van der Waals surface area contributed by atoms with Crippen LogP contribution < -0.4 is 4.74 Å². The fourth-order valence-electron chi connectivity index (χ4n) is 2.55. The predicted molar refractivity (Wildman–Crippen MR) is 97.2 cm³/mol. The number of hydrogen-bond donors (Lipinski definition) is 1. The minimum atomic E-state index is -0.0478. The average molecular weight is 320 g/mol. The van der Waals surface area contributed by atoms with Gasteiger partial charge < -0.3 is 9.72 Å². The van der Waals surface area contributed by atoms with E-state index in [1.807, 2.05) is 62.5 Å². The summed E-state index contributed by atoms with van der Waals surface area (Å²) in [5, 5.41) is 1.10. The summed E-state index contributed by atoms with van der Waals surface area (Å²) >= 11 is 0. The Morgan fingerprint density at radius 2 is 2.00 bits per heavy atom. The Morgan fingerprint density at radius 3 is 2.88 bits per heavy atom. The highest BCUT2D eigenvalue weighted by atomic mass is 16.5. The molecule has 0 bridgehead atoms. The molecule has 4 nitrogen and oxygen atoms in total. The second-order valence-corrected chi connectivity index (χ2v) is 5.78. The number of fused-ring (bicyclic) bond motifs is 1. The van der Waals surface area contributed by atoms with E-state index in [2.05, 4.69) is 9.98 Å². The zero-order chi connectivity index (χ0) is 16.9. The van der Waals surface area contributed by atoms with Crippen LogP contribution in [0, 0.1) is 13.8 Å². The summed E-state index contributed by atoms with van der Waals surface area (Å²) in [6, 6.07) is 13.8. The van der Waals surface area contributed by atoms with Gasteiger partial charge in [-0.25, -0.2) is 0 Å². The molecule has 0 aliphatic carbocycles. The highest BCUT2D eigenvalue weighted by Crippen LogP contribution is 2.20. The van der Waals surface area contributed by atoms with Crippen LogP contribution in [-0.4, -0.2) is 30.1 Å². The number of aromatic nitrogens is 1. The van der Waals surface area contributed by atoms with Crippen molar-refractivity contribution in [3.63, 3.8) is 0 Å². The molecule has 3 aromatic rings. The van der Waals surface area contributed by atoms with E-state index < -0.39 is 0 Å². The van der Waals surface area contributed by atoms with Crippen molar-refractivity contribution in [2.24, 2.45) is 4.99 Å². The van der Waals surface area contributed by atoms with Gasteiger partial charge >= 0.3 is 0 Å². The minimum absolute atomic E-state index is 0.0377. The highest BCUT2D eigenvalue weighted by molar-refractivity contribution is 5.99. The van der Waals surface area contributed by atoms with Crippen LogP contribution >= 0.6 is 0 Å². The number of ketones is 1. The Balaban J connectivity index is 1.57. The van der Waals surface area contributed by atoms with Gasteiger partial charge in [0.2, 0.25) is 0 Å². The second kappa shape index (κ2) is 7.13. The number of benzene rings is 2. The lowest BCUT2D eigenvalue weighted by molar-refractivity contribution is -0.119. The van der Waals surface area contributed by atoms with Gasteiger partial charge in [-0.05, 0) is 43.2 Å². The molecule has 0 unspecified atom stereocenters. The van der Waals surface area contributed by atoms with Gasteiger partial charge in [0.1, 0.15) is 18.9 Å². The number of nitrogens with zero attached hydrogens (tertiary/aromatic N) is 1. The van der Waals surface area contributed by atoms with Gasteiger partial charge in [-0.2, -0.15) is 0 Å². The van der Waals surface area contributed by atoms with Gasteiger partial charge in [0.15, 0.2) is 5.78 Å². The minimum Gasteiger partial charge on any atom is -0.485 e. The fraction of sp³-hybridized carbons (Fsp3) is 0.200. The van der Waals surface area contributed by atoms with Crippen molar-refractivity contribution >= 4 is 22.9 Å². The number of ether oxygens (including phenoxy) is 1. The fourth-order valence-corrected chi connectivity index (χ4v) is 2.55. The number of hydrogen-bond acceptors (Lipinski definition) is 3. The van der Waals surface area contributed by atoms with Crippen molar-refractivity contribution in [1.29, 1.82) is 0 Å². The largest absolute Gasteiger partial charge is 0.485 e. The van der Waals surface area contributed by atoms with Gasteiger partial charge in [-0.15, -0.1) is 0 Å². The first-order chi connectivity index (χ1) is 11.6. The first-order valence-electron chi connectivity index (χ1n) is 7.92. The van der Waals surface area contributed by atoms with Crippen LogP contribution in [0.2, 0.25) is 0 Å². The maximum Gasteiger partial charge on any atom is 0.191 e. The summed E-state index contributed by atoms with van der Waals surface area (Å²) in [6.07, 6.45) is 3.64. The van der Waals surface area contributed by atoms with E-state index >= 15 is 0 Å². The van der Waals surface area contributed by atoms with Crippen LogP contribution in [0.5, 0.6) is 5.75 Å². The Hall–Kier alpha value is -2.88. The maximum absolute atomic E-state index is 12.0. The van der Waals surface area contributed by atoms with Crippen LogP contribution in [0.15, 0.2) is 53.7 Å². The van der Waals surface area contributed by atoms with Crippen LogP contribution in [0.3, 0.4) is 0 Å². The van der Waals surface area contributed by atoms with E-state index in [-0.39, 0.29) is 18.9 Å². The van der Waals surface area contributed by atoms with Crippen molar-refractivity contribution < 1.29 is 9.53 Å². The van der Waals surface area contributed by atoms with Gasteiger partial charge in [-0.1, -0.05) is 24.3 Å². The molecule has 122 valence electrons. The van der Waals surface area contributed by atoms with Crippen molar-refractivity contribution in [2.75, 3.05) is 13.2 Å². The van der Waals surface area contributed by atoms with Gasteiger partial charge in [0.05, 0.1) is 0 Å². The molecule has 24 heavy (non-hydrogen) atoms. The predicted octanol–water partition coefficient (Wildman–Crippen LogP) is 3.85. The molecule has 2 aromatic carbocycles. The third-order valence-electron chi connectivity index (χ3n) is 4.07. The molecular weight excluding hydrogens is 300 g/mol. The zero-order valence-corrected chi connectivity index (χ0v) is 13.9. The lowest BCUT2D eigenvalue weighted by atomic mass is 10.1. The number of carbonyl (C=O) groups excluding carboxylic acids is 1. The number of H-pyrrole nitrogens is 1. The molecular formula is C20H20N2O2. The number of carbonyl (C=O) groups is 1. The molecule has 1 N–H and O–H groups in total. The first-order valence-corrected chi connectivity index (χ1v) is 7.92. The average Bonchev–Trinajstić information content (AvgIpc) is 3.06. The second-order valence-electron chi connectivity index (χ2n) is 5.78. The molecule has 4 heteroatoms. The molecule has 0 aliphatic heterocycles. The van der Waals surface area contributed by atoms with E-state index in [0.29, 0.717) is 0 Å². The Kier molecular flexibility index (Phi) is 4.75. The Labute approximate surface area is 141 Å². The van der Waals surface area contributed by atoms with Crippen LogP contribution in [0.4, 0.5) is 0 Å². The molecule has 0 spiro atoms. The lowest BCUT2D eigenvalue weighted by Crippen LogP contribution is -2.14. The molecule has 1 aromatic heterocycles. The summed E-state index contributed by atoms with van der Waals surface area (Å²) in [5.74, 6) is 0.706. The summed E-state index contributed by atoms with van der Waals surface area (Å²) in [6.45, 7) is 4.17. The standard InChI is InChI=1S/C20H20N2O2/c1-14-5-3-8-20(15(14)2)24-13-17(23)12-21-11-16-6-4-7-19-18(16)9-10-22-19/h3-11,22H,12-13H2,1-2H3. The van der Waals surface area contributed by atoms with Crippen molar-refractivity contribution in [2.45, 2.75) is 13.8 Å². The Bertz CT molecular complexity index is 894. The molecule has 0 radical (unpaired) electrons. The number of Topliss-reactive ketones (excluding diaryl/α,β-unsaturated/α-hetero) is 1. The molecule has 0 aliphatic rings. The first kappa shape index (κ1) is 16.0. The maximum atomic E-state index is 12.0. The lowest BCUT2D eigenvalue weighted by Gasteiger charge is -2.09. The van der Waals surface area contributed by atoms with E-state index in [1.165, 1.54) is 0 Å². The number of aromatic amines is 1. The third kappa shape index (κ3) is 3.54. The Morgan fingerprint density at radius 1 is 1.17 bits per heavy atom. The molecule has 1 heterocycles. The molecule has 0 atom stereocenters. The SMILES string of the molecule is Cc1cccc(OCC(=O)CN=Cc2cccc3[nH]ccc23)c1C. The summed E-state index contributed by atoms with van der Waals surface area (Å²) in [4.78, 5) is 19.4. The van der Waals surface area contributed by atoms with Gasteiger partial charge in [-0.3, -0.25) is 9.79 Å².